The summed E-state index contributed by atoms with van der Waals surface area (Å²) < 4.78 is 5.10. The normalized spacial score (nSPS) is 10.7. The Balaban J connectivity index is 1.99. The molecule has 0 unspecified atom stereocenters. The fourth-order valence-corrected chi connectivity index (χ4v) is 1.48. The SMILES string of the molecule is Cc1cc(CCCCCCCO)on1. The molecule has 0 aliphatic heterocycles. The van der Waals surface area contributed by atoms with E-state index in [1.807, 2.05) is 13.0 Å². The van der Waals surface area contributed by atoms with Crippen molar-refractivity contribution in [1.82, 2.24) is 5.16 Å². The quantitative estimate of drug-likeness (QED) is 0.683. The Morgan fingerprint density at radius 2 is 1.93 bits per heavy atom. The average molecular weight is 197 g/mol. The van der Waals surface area contributed by atoms with Gasteiger partial charge >= 0.3 is 0 Å². The third-order valence-electron chi connectivity index (χ3n) is 2.26. The molecule has 1 N–H and O–H groups in total. The van der Waals surface area contributed by atoms with Crippen LogP contribution in [0.15, 0.2) is 10.6 Å². The van der Waals surface area contributed by atoms with E-state index in [1.54, 1.807) is 0 Å². The lowest BCUT2D eigenvalue weighted by Gasteiger charge is -1.97. The van der Waals surface area contributed by atoms with Gasteiger partial charge in [-0.2, -0.15) is 0 Å². The second-order valence-corrected chi connectivity index (χ2v) is 3.68. The van der Waals surface area contributed by atoms with E-state index in [0.29, 0.717) is 6.61 Å². The van der Waals surface area contributed by atoms with Crippen molar-refractivity contribution < 1.29 is 9.63 Å². The summed E-state index contributed by atoms with van der Waals surface area (Å²) in [6, 6.07) is 1.99. The molecule has 1 rings (SSSR count). The first-order valence-electron chi connectivity index (χ1n) is 5.36. The standard InChI is InChI=1S/C11H19NO2/c1-10-9-11(14-12-10)7-5-3-2-4-6-8-13/h9,13H,2-8H2,1H3. The van der Waals surface area contributed by atoms with E-state index < -0.39 is 0 Å². The van der Waals surface area contributed by atoms with Gasteiger partial charge in [0.05, 0.1) is 5.69 Å². The molecule has 1 aromatic rings. The molecule has 0 aliphatic rings. The highest BCUT2D eigenvalue weighted by molar-refractivity contribution is 5.02. The lowest BCUT2D eigenvalue weighted by atomic mass is 10.1. The predicted octanol–water partition coefficient (Wildman–Crippen LogP) is 2.47. The van der Waals surface area contributed by atoms with Gasteiger partial charge in [0, 0.05) is 19.1 Å². The van der Waals surface area contributed by atoms with Crippen LogP contribution in [-0.4, -0.2) is 16.9 Å². The Morgan fingerprint density at radius 1 is 1.21 bits per heavy atom. The summed E-state index contributed by atoms with van der Waals surface area (Å²) in [5.74, 6) is 0.990. The van der Waals surface area contributed by atoms with Crippen molar-refractivity contribution in [2.75, 3.05) is 6.61 Å². The molecule has 0 aliphatic carbocycles. The maximum atomic E-state index is 8.58. The van der Waals surface area contributed by atoms with Crippen LogP contribution in [0.1, 0.15) is 43.6 Å². The lowest BCUT2D eigenvalue weighted by Crippen LogP contribution is -1.86. The van der Waals surface area contributed by atoms with Crippen molar-refractivity contribution in [2.24, 2.45) is 0 Å². The molecule has 14 heavy (non-hydrogen) atoms. The molecule has 0 saturated carbocycles. The van der Waals surface area contributed by atoms with Gasteiger partial charge in [0.15, 0.2) is 0 Å². The maximum Gasteiger partial charge on any atom is 0.136 e. The van der Waals surface area contributed by atoms with Crippen LogP contribution in [0.5, 0.6) is 0 Å². The van der Waals surface area contributed by atoms with Crippen LogP contribution in [0.25, 0.3) is 0 Å². The van der Waals surface area contributed by atoms with Crippen molar-refractivity contribution in [2.45, 2.75) is 45.4 Å². The fourth-order valence-electron chi connectivity index (χ4n) is 1.48. The molecule has 1 heterocycles. The molecule has 0 aromatic carbocycles. The molecule has 3 nitrogen and oxygen atoms in total. The molecule has 0 spiro atoms. The first-order chi connectivity index (χ1) is 6.83. The minimum Gasteiger partial charge on any atom is -0.396 e. The third-order valence-corrected chi connectivity index (χ3v) is 2.26. The Kier molecular flexibility index (Phi) is 5.30. The highest BCUT2D eigenvalue weighted by atomic mass is 16.5. The van der Waals surface area contributed by atoms with E-state index in [4.69, 9.17) is 9.63 Å². The average Bonchev–Trinajstić information content (AvgIpc) is 2.58. The summed E-state index contributed by atoms with van der Waals surface area (Å²) in [4.78, 5) is 0. The minimum absolute atomic E-state index is 0.321. The van der Waals surface area contributed by atoms with Crippen LogP contribution in [0.2, 0.25) is 0 Å². The zero-order chi connectivity index (χ0) is 10.2. The van der Waals surface area contributed by atoms with Gasteiger partial charge < -0.3 is 9.63 Å². The number of nitrogens with zero attached hydrogens (tertiary/aromatic N) is 1. The maximum absolute atomic E-state index is 8.58. The number of aliphatic hydroxyl groups excluding tert-OH is 1. The van der Waals surface area contributed by atoms with Crippen molar-refractivity contribution in [3.63, 3.8) is 0 Å². The van der Waals surface area contributed by atoms with Gasteiger partial charge in [-0.3, -0.25) is 0 Å². The Morgan fingerprint density at radius 3 is 2.57 bits per heavy atom. The summed E-state index contributed by atoms with van der Waals surface area (Å²) >= 11 is 0. The topological polar surface area (TPSA) is 46.3 Å². The third kappa shape index (κ3) is 4.42. The number of aryl methyl sites for hydroxylation is 2. The van der Waals surface area contributed by atoms with Crippen molar-refractivity contribution >= 4 is 0 Å². The van der Waals surface area contributed by atoms with Gasteiger partial charge in [0.1, 0.15) is 5.76 Å². The van der Waals surface area contributed by atoms with Gasteiger partial charge in [0.2, 0.25) is 0 Å². The lowest BCUT2D eigenvalue weighted by molar-refractivity contribution is 0.282. The summed E-state index contributed by atoms with van der Waals surface area (Å²) in [6.07, 6.45) is 6.61. The second kappa shape index (κ2) is 6.60. The molecule has 80 valence electrons. The van der Waals surface area contributed by atoms with Crippen LogP contribution in [0.4, 0.5) is 0 Å². The predicted molar refractivity (Wildman–Crippen MR) is 55.1 cm³/mol. The van der Waals surface area contributed by atoms with E-state index in [-0.39, 0.29) is 0 Å². The summed E-state index contributed by atoms with van der Waals surface area (Å²) in [5.41, 5.74) is 0.959. The number of unbranched alkanes of at least 4 members (excludes halogenated alkanes) is 4. The van der Waals surface area contributed by atoms with E-state index in [2.05, 4.69) is 5.16 Å². The smallest absolute Gasteiger partial charge is 0.136 e. The van der Waals surface area contributed by atoms with Crippen LogP contribution >= 0.6 is 0 Å². The van der Waals surface area contributed by atoms with Gasteiger partial charge in [-0.05, 0) is 19.8 Å². The van der Waals surface area contributed by atoms with Crippen LogP contribution in [-0.2, 0) is 6.42 Å². The number of aromatic nitrogens is 1. The molecule has 3 heteroatoms. The number of hydrogen-bond donors (Lipinski definition) is 1. The largest absolute Gasteiger partial charge is 0.396 e. The van der Waals surface area contributed by atoms with Gasteiger partial charge in [-0.1, -0.05) is 24.4 Å². The second-order valence-electron chi connectivity index (χ2n) is 3.68. The molecule has 0 atom stereocenters. The fraction of sp³-hybridized carbons (Fsp3) is 0.727. The number of aliphatic hydroxyl groups is 1. The van der Waals surface area contributed by atoms with Gasteiger partial charge in [-0.15, -0.1) is 0 Å². The molecule has 0 saturated heterocycles. The Bertz CT molecular complexity index is 245. The number of rotatable bonds is 7. The zero-order valence-electron chi connectivity index (χ0n) is 8.83. The van der Waals surface area contributed by atoms with E-state index in [9.17, 15) is 0 Å². The first-order valence-corrected chi connectivity index (χ1v) is 5.36. The van der Waals surface area contributed by atoms with E-state index in [1.165, 1.54) is 12.8 Å². The highest BCUT2D eigenvalue weighted by Gasteiger charge is 1.99. The summed E-state index contributed by atoms with van der Waals surface area (Å²) in [6.45, 7) is 2.26. The Hall–Kier alpha value is -0.830. The van der Waals surface area contributed by atoms with Crippen LogP contribution < -0.4 is 0 Å². The monoisotopic (exact) mass is 197 g/mol. The van der Waals surface area contributed by atoms with Crippen LogP contribution in [0, 0.1) is 6.92 Å². The summed E-state index contributed by atoms with van der Waals surface area (Å²) in [5, 5.41) is 12.4. The van der Waals surface area contributed by atoms with E-state index in [0.717, 1.165) is 37.1 Å². The first kappa shape index (κ1) is 11.2. The highest BCUT2D eigenvalue weighted by Crippen LogP contribution is 2.09. The molecule has 0 bridgehead atoms. The molecule has 0 radical (unpaired) electrons. The summed E-state index contributed by atoms with van der Waals surface area (Å²) in [7, 11) is 0. The number of hydrogen-bond acceptors (Lipinski definition) is 3. The molecular weight excluding hydrogens is 178 g/mol. The van der Waals surface area contributed by atoms with Crippen molar-refractivity contribution in [1.29, 1.82) is 0 Å². The molecule has 1 aromatic heterocycles. The van der Waals surface area contributed by atoms with Crippen molar-refractivity contribution in [3.8, 4) is 0 Å². The molecule has 0 fully saturated rings. The van der Waals surface area contributed by atoms with Gasteiger partial charge in [-0.25, -0.2) is 0 Å². The Labute approximate surface area is 85.1 Å². The van der Waals surface area contributed by atoms with Crippen molar-refractivity contribution in [3.05, 3.63) is 17.5 Å². The van der Waals surface area contributed by atoms with Crippen LogP contribution in [0.3, 0.4) is 0 Å². The minimum atomic E-state index is 0.321. The molecule has 0 amide bonds. The molecular formula is C11H19NO2. The zero-order valence-corrected chi connectivity index (χ0v) is 8.83. The van der Waals surface area contributed by atoms with E-state index >= 15 is 0 Å². The van der Waals surface area contributed by atoms with Gasteiger partial charge in [0.25, 0.3) is 0 Å².